The van der Waals surface area contributed by atoms with Crippen LogP contribution in [-0.4, -0.2) is 30.8 Å². The molecule has 0 aliphatic heterocycles. The van der Waals surface area contributed by atoms with Gasteiger partial charge in [-0.05, 0) is 36.6 Å². The average molecular weight is 443 g/mol. The van der Waals surface area contributed by atoms with Crippen molar-refractivity contribution in [3.05, 3.63) is 108 Å². The third-order valence-electron chi connectivity index (χ3n) is 5.27. The maximum Gasteiger partial charge on any atom is 0.236 e. The van der Waals surface area contributed by atoms with Crippen LogP contribution in [0.3, 0.4) is 0 Å². The second-order valence-corrected chi connectivity index (χ2v) is 9.00. The number of thioether (sulfide) groups is 1. The Morgan fingerprint density at radius 3 is 2.06 bits per heavy atom. The van der Waals surface area contributed by atoms with E-state index in [0.29, 0.717) is 18.2 Å². The molecule has 162 valence electrons. The number of carbonyl (C=O) groups excluding carboxylic acids is 1. The highest BCUT2D eigenvalue weighted by Gasteiger charge is 2.24. The molecule has 0 radical (unpaired) electrons. The number of hydrogen-bond acceptors (Lipinski definition) is 4. The summed E-state index contributed by atoms with van der Waals surface area (Å²) in [5.74, 6) is 0.0713. The van der Waals surface area contributed by atoms with Gasteiger partial charge < -0.3 is 4.90 Å². The van der Waals surface area contributed by atoms with Crippen LogP contribution in [0.1, 0.15) is 23.6 Å². The van der Waals surface area contributed by atoms with Crippen LogP contribution in [0, 0.1) is 6.92 Å². The van der Waals surface area contributed by atoms with Crippen LogP contribution in [0.15, 0.2) is 96.4 Å². The molecule has 0 fully saturated rings. The highest BCUT2D eigenvalue weighted by atomic mass is 32.2. The monoisotopic (exact) mass is 442 g/mol. The number of rotatable bonds is 8. The molecule has 0 aliphatic carbocycles. The summed E-state index contributed by atoms with van der Waals surface area (Å²) in [5, 5.41) is 8.79. The van der Waals surface area contributed by atoms with Crippen molar-refractivity contribution >= 4 is 17.7 Å². The third-order valence-corrected chi connectivity index (χ3v) is 6.31. The van der Waals surface area contributed by atoms with Crippen molar-refractivity contribution in [3.8, 4) is 5.69 Å². The molecule has 1 amide bonds. The zero-order valence-corrected chi connectivity index (χ0v) is 19.1. The molecule has 1 atom stereocenters. The molecule has 0 saturated carbocycles. The fourth-order valence-corrected chi connectivity index (χ4v) is 4.51. The highest BCUT2D eigenvalue weighted by molar-refractivity contribution is 8.00. The number of para-hydroxylation sites is 1. The van der Waals surface area contributed by atoms with Gasteiger partial charge in [0.25, 0.3) is 0 Å². The fraction of sp³-hybridized carbons (Fsp3) is 0.192. The zero-order chi connectivity index (χ0) is 22.3. The van der Waals surface area contributed by atoms with Crippen molar-refractivity contribution in [2.75, 3.05) is 0 Å². The van der Waals surface area contributed by atoms with Crippen LogP contribution < -0.4 is 0 Å². The maximum absolute atomic E-state index is 13.5. The minimum absolute atomic E-state index is 0.0713. The molecule has 0 N–H and O–H groups in total. The number of carbonyl (C=O) groups is 1. The van der Waals surface area contributed by atoms with Gasteiger partial charge in [0.2, 0.25) is 5.91 Å². The van der Waals surface area contributed by atoms with Gasteiger partial charge in [-0.15, -0.1) is 10.2 Å². The Morgan fingerprint density at radius 1 is 0.906 bits per heavy atom. The van der Waals surface area contributed by atoms with E-state index < -0.39 is 0 Å². The van der Waals surface area contributed by atoms with E-state index in [1.165, 1.54) is 11.8 Å². The summed E-state index contributed by atoms with van der Waals surface area (Å²) < 4.78 is 1.95. The molecule has 6 heteroatoms. The quantitative estimate of drug-likeness (QED) is 0.348. The van der Waals surface area contributed by atoms with Gasteiger partial charge in [-0.1, -0.05) is 90.6 Å². The number of aryl methyl sites for hydroxylation is 1. The topological polar surface area (TPSA) is 51.0 Å². The molecule has 1 heterocycles. The predicted molar refractivity (Wildman–Crippen MR) is 129 cm³/mol. The van der Waals surface area contributed by atoms with Crippen molar-refractivity contribution < 1.29 is 4.79 Å². The largest absolute Gasteiger partial charge is 0.333 e. The van der Waals surface area contributed by atoms with Gasteiger partial charge in [-0.3, -0.25) is 9.36 Å². The summed E-state index contributed by atoms with van der Waals surface area (Å²) in [6.07, 6.45) is 1.70. The van der Waals surface area contributed by atoms with Crippen LogP contribution in [0.2, 0.25) is 0 Å². The lowest BCUT2D eigenvalue weighted by atomic mass is 10.1. The van der Waals surface area contributed by atoms with Crippen molar-refractivity contribution in [2.24, 2.45) is 0 Å². The Morgan fingerprint density at radius 2 is 1.47 bits per heavy atom. The first-order valence-corrected chi connectivity index (χ1v) is 11.5. The molecule has 0 aliphatic rings. The van der Waals surface area contributed by atoms with Gasteiger partial charge in [-0.25, -0.2) is 0 Å². The first kappa shape index (κ1) is 21.8. The first-order chi connectivity index (χ1) is 15.6. The minimum Gasteiger partial charge on any atom is -0.333 e. The van der Waals surface area contributed by atoms with Gasteiger partial charge in [0.05, 0.1) is 10.9 Å². The molecule has 0 bridgehead atoms. The SMILES string of the molecule is Cc1ccccc1-n1cnnc1SC(C)C(=O)N(Cc1ccccc1)Cc1ccccc1. The first-order valence-electron chi connectivity index (χ1n) is 10.6. The number of aromatic nitrogens is 3. The number of amides is 1. The van der Waals surface area contributed by atoms with Crippen molar-refractivity contribution in [3.63, 3.8) is 0 Å². The molecule has 5 nitrogen and oxygen atoms in total. The molecule has 1 unspecified atom stereocenters. The average Bonchev–Trinajstić information content (AvgIpc) is 3.27. The van der Waals surface area contributed by atoms with Crippen LogP contribution in [0.4, 0.5) is 0 Å². The Balaban J connectivity index is 1.54. The van der Waals surface area contributed by atoms with E-state index >= 15 is 0 Å². The second kappa shape index (κ2) is 10.3. The van der Waals surface area contributed by atoms with Gasteiger partial charge in [0.15, 0.2) is 5.16 Å². The van der Waals surface area contributed by atoms with Gasteiger partial charge in [0.1, 0.15) is 6.33 Å². The minimum atomic E-state index is -0.311. The van der Waals surface area contributed by atoms with E-state index in [0.717, 1.165) is 22.4 Å². The summed E-state index contributed by atoms with van der Waals surface area (Å²) in [6.45, 7) is 5.11. The van der Waals surface area contributed by atoms with E-state index in [1.807, 2.05) is 71.0 Å². The summed E-state index contributed by atoms with van der Waals surface area (Å²) in [5.41, 5.74) is 4.36. The predicted octanol–water partition coefficient (Wildman–Crippen LogP) is 5.29. The van der Waals surface area contributed by atoms with Crippen LogP contribution in [0.5, 0.6) is 0 Å². The molecule has 0 spiro atoms. The second-order valence-electron chi connectivity index (χ2n) is 7.70. The van der Waals surface area contributed by atoms with E-state index in [2.05, 4.69) is 47.5 Å². The zero-order valence-electron chi connectivity index (χ0n) is 18.3. The Labute approximate surface area is 193 Å². The molecule has 0 saturated heterocycles. The molecule has 32 heavy (non-hydrogen) atoms. The number of hydrogen-bond donors (Lipinski definition) is 0. The van der Waals surface area contributed by atoms with Gasteiger partial charge in [0, 0.05) is 13.1 Å². The Hall–Kier alpha value is -3.38. The normalized spacial score (nSPS) is 11.8. The van der Waals surface area contributed by atoms with Crippen LogP contribution >= 0.6 is 11.8 Å². The summed E-state index contributed by atoms with van der Waals surface area (Å²) in [6, 6.07) is 28.3. The van der Waals surface area contributed by atoms with E-state index in [1.54, 1.807) is 6.33 Å². The molecule has 1 aromatic heterocycles. The molecule has 3 aromatic carbocycles. The lowest BCUT2D eigenvalue weighted by molar-refractivity contribution is -0.131. The van der Waals surface area contributed by atoms with E-state index in [-0.39, 0.29) is 11.2 Å². The summed E-state index contributed by atoms with van der Waals surface area (Å²) in [7, 11) is 0. The van der Waals surface area contributed by atoms with Gasteiger partial charge >= 0.3 is 0 Å². The van der Waals surface area contributed by atoms with Crippen molar-refractivity contribution in [2.45, 2.75) is 37.3 Å². The lowest BCUT2D eigenvalue weighted by Gasteiger charge is -2.26. The maximum atomic E-state index is 13.5. The van der Waals surface area contributed by atoms with E-state index in [4.69, 9.17) is 0 Å². The van der Waals surface area contributed by atoms with Gasteiger partial charge in [-0.2, -0.15) is 0 Å². The smallest absolute Gasteiger partial charge is 0.236 e. The Kier molecular flexibility index (Phi) is 7.02. The molecule has 4 rings (SSSR count). The van der Waals surface area contributed by atoms with Crippen LogP contribution in [-0.2, 0) is 17.9 Å². The van der Waals surface area contributed by atoms with Crippen molar-refractivity contribution in [1.29, 1.82) is 0 Å². The fourth-order valence-electron chi connectivity index (χ4n) is 3.59. The number of benzene rings is 3. The summed E-state index contributed by atoms with van der Waals surface area (Å²) >= 11 is 1.44. The summed E-state index contributed by atoms with van der Waals surface area (Å²) in [4.78, 5) is 15.5. The third kappa shape index (κ3) is 5.26. The van der Waals surface area contributed by atoms with Crippen LogP contribution in [0.25, 0.3) is 5.69 Å². The van der Waals surface area contributed by atoms with Crippen molar-refractivity contribution in [1.82, 2.24) is 19.7 Å². The highest BCUT2D eigenvalue weighted by Crippen LogP contribution is 2.27. The number of nitrogens with zero attached hydrogens (tertiary/aromatic N) is 4. The molecular weight excluding hydrogens is 416 g/mol. The molecule has 4 aromatic rings. The Bertz CT molecular complexity index is 1120. The lowest BCUT2D eigenvalue weighted by Crippen LogP contribution is -2.35. The standard InChI is InChI=1S/C26H26N4OS/c1-20-11-9-10-16-24(20)30-19-27-28-26(30)32-21(2)25(31)29(17-22-12-5-3-6-13-22)18-23-14-7-4-8-15-23/h3-16,19,21H,17-18H2,1-2H3. The molecular formula is C26H26N4OS. The van der Waals surface area contributed by atoms with E-state index in [9.17, 15) is 4.79 Å².